The molecular weight excluding hydrogens is 200 g/mol. The Morgan fingerprint density at radius 3 is 1.00 bits per heavy atom. The van der Waals surface area contributed by atoms with Gasteiger partial charge in [0.25, 0.3) is 0 Å². The Morgan fingerprint density at radius 2 is 1.00 bits per heavy atom. The molecule has 5 heteroatoms. The minimum atomic E-state index is -1.19. The summed E-state index contributed by atoms with van der Waals surface area (Å²) in [5, 5.41) is 19.0. The summed E-state index contributed by atoms with van der Waals surface area (Å²) in [7, 11) is 0. The smallest absolute Gasteiger partial charge is 0.545 e. The average Bonchev–Trinajstić information content (AvgIpc) is 1.88. The summed E-state index contributed by atoms with van der Waals surface area (Å²) in [5.41, 5.74) is 0.130. The summed E-state index contributed by atoms with van der Waals surface area (Å²) in [5.74, 6) is -2.37. The molecule has 0 aromatic rings. The Bertz CT molecular complexity index is 172. The van der Waals surface area contributed by atoms with Crippen LogP contribution in [0.3, 0.4) is 0 Å². The molecule has 68 valence electrons. The van der Waals surface area contributed by atoms with E-state index < -0.39 is 11.9 Å². The molecule has 0 spiro atoms. The predicted molar refractivity (Wildman–Crippen MR) is 45.4 cm³/mol. The first-order valence-corrected chi connectivity index (χ1v) is 3.02. The topological polar surface area (TPSA) is 80.3 Å². The number of carbonyl (C=O) groups excluding carboxylic acids is 2. The van der Waals surface area contributed by atoms with Crippen molar-refractivity contribution in [2.45, 2.75) is 13.8 Å². The third-order valence-corrected chi connectivity index (χ3v) is 0.697. The SMILES string of the molecule is C=C(C)C(=O)[O-].C=C(C)C(=O)[O-].[Ca+2]. The normalized spacial score (nSPS) is 6.92. The van der Waals surface area contributed by atoms with Crippen molar-refractivity contribution in [3.05, 3.63) is 24.3 Å². The predicted octanol–water partition coefficient (Wildman–Crippen LogP) is -1.76. The van der Waals surface area contributed by atoms with Gasteiger partial charge in [0.05, 0.1) is 11.9 Å². The zero-order chi connectivity index (χ0) is 10.3. The molecule has 0 aliphatic heterocycles. The molecule has 0 fully saturated rings. The van der Waals surface area contributed by atoms with E-state index in [0.29, 0.717) is 0 Å². The Balaban J connectivity index is -0.000000143. The molecule has 0 N–H and O–H groups in total. The van der Waals surface area contributed by atoms with Crippen molar-refractivity contribution in [2.75, 3.05) is 0 Å². The first-order chi connectivity index (χ1) is 5.29. The number of aliphatic carboxylic acids is 2. The fraction of sp³-hybridized carbons (Fsp3) is 0.250. The van der Waals surface area contributed by atoms with Gasteiger partial charge in [-0.15, -0.1) is 0 Å². The van der Waals surface area contributed by atoms with Gasteiger partial charge in [-0.3, -0.25) is 0 Å². The Hall–Kier alpha value is -0.320. The maximum atomic E-state index is 9.49. The van der Waals surface area contributed by atoms with Gasteiger partial charge in [-0.25, -0.2) is 0 Å². The van der Waals surface area contributed by atoms with Gasteiger partial charge in [-0.05, 0) is 25.0 Å². The summed E-state index contributed by atoms with van der Waals surface area (Å²) in [4.78, 5) is 19.0. The van der Waals surface area contributed by atoms with E-state index >= 15 is 0 Å². The standard InChI is InChI=1S/2C4H6O2.Ca/c2*1-3(2)4(5)6;/h2*1H2,2H3,(H,5,6);/q;;+2/p-2. The minimum Gasteiger partial charge on any atom is -0.545 e. The molecule has 13 heavy (non-hydrogen) atoms. The summed E-state index contributed by atoms with van der Waals surface area (Å²) in [6.45, 7) is 8.95. The number of hydrogen-bond acceptors (Lipinski definition) is 4. The molecule has 0 radical (unpaired) electrons. The molecule has 0 aromatic carbocycles. The molecule has 0 rings (SSSR count). The Morgan fingerprint density at radius 1 is 0.923 bits per heavy atom. The molecule has 0 aliphatic carbocycles. The Kier molecular flexibility index (Phi) is 13.9. The van der Waals surface area contributed by atoms with Crippen LogP contribution >= 0.6 is 0 Å². The van der Waals surface area contributed by atoms with Gasteiger partial charge in [-0.1, -0.05) is 13.2 Å². The van der Waals surface area contributed by atoms with Gasteiger partial charge >= 0.3 is 37.7 Å². The summed E-state index contributed by atoms with van der Waals surface area (Å²) in [6.07, 6.45) is 0. The Labute approximate surface area is 107 Å². The van der Waals surface area contributed by atoms with E-state index in [1.165, 1.54) is 13.8 Å². The van der Waals surface area contributed by atoms with Crippen LogP contribution in [0.4, 0.5) is 0 Å². The van der Waals surface area contributed by atoms with Gasteiger partial charge in [0, 0.05) is 0 Å². The second kappa shape index (κ2) is 9.77. The van der Waals surface area contributed by atoms with E-state index in [0.717, 1.165) is 0 Å². The first-order valence-electron chi connectivity index (χ1n) is 3.02. The van der Waals surface area contributed by atoms with Crippen molar-refractivity contribution in [3.8, 4) is 0 Å². The summed E-state index contributed by atoms with van der Waals surface area (Å²) >= 11 is 0. The van der Waals surface area contributed by atoms with Gasteiger partial charge in [0.2, 0.25) is 0 Å². The maximum absolute atomic E-state index is 9.49. The van der Waals surface area contributed by atoms with E-state index in [2.05, 4.69) is 13.2 Å². The summed E-state index contributed by atoms with van der Waals surface area (Å²) < 4.78 is 0. The van der Waals surface area contributed by atoms with Gasteiger partial charge in [0.15, 0.2) is 0 Å². The number of carbonyl (C=O) groups is 2. The van der Waals surface area contributed by atoms with Crippen molar-refractivity contribution < 1.29 is 19.8 Å². The van der Waals surface area contributed by atoms with Crippen LogP contribution < -0.4 is 10.2 Å². The van der Waals surface area contributed by atoms with Crippen LogP contribution in [0.2, 0.25) is 0 Å². The zero-order valence-electron chi connectivity index (χ0n) is 7.75. The largest absolute Gasteiger partial charge is 2.00 e. The molecule has 0 heterocycles. The zero-order valence-corrected chi connectivity index (χ0v) is 9.96. The van der Waals surface area contributed by atoms with Crippen molar-refractivity contribution in [1.29, 1.82) is 0 Å². The number of carboxylic acids is 2. The molecule has 0 unspecified atom stereocenters. The fourth-order valence-electron chi connectivity index (χ4n) is 0. The van der Waals surface area contributed by atoms with Crippen molar-refractivity contribution >= 4 is 49.7 Å². The van der Waals surface area contributed by atoms with Crippen LogP contribution in [-0.2, 0) is 9.59 Å². The molecular formula is C8H10CaO4. The molecule has 0 amide bonds. The van der Waals surface area contributed by atoms with E-state index in [1.54, 1.807) is 0 Å². The maximum Gasteiger partial charge on any atom is 2.00 e. The quantitative estimate of drug-likeness (QED) is 0.399. The minimum absolute atomic E-state index is 0. The van der Waals surface area contributed by atoms with Crippen LogP contribution in [0.15, 0.2) is 24.3 Å². The van der Waals surface area contributed by atoms with E-state index in [9.17, 15) is 19.8 Å². The molecule has 4 nitrogen and oxygen atoms in total. The second-order valence-corrected chi connectivity index (χ2v) is 2.14. The van der Waals surface area contributed by atoms with Crippen molar-refractivity contribution in [1.82, 2.24) is 0 Å². The van der Waals surface area contributed by atoms with E-state index in [-0.39, 0.29) is 48.9 Å². The molecule has 0 bridgehead atoms. The van der Waals surface area contributed by atoms with Crippen LogP contribution in [-0.4, -0.2) is 49.7 Å². The van der Waals surface area contributed by atoms with Crippen molar-refractivity contribution in [2.24, 2.45) is 0 Å². The van der Waals surface area contributed by atoms with Gasteiger partial charge in [0.1, 0.15) is 0 Å². The molecule has 0 saturated carbocycles. The number of rotatable bonds is 2. The van der Waals surface area contributed by atoms with Gasteiger partial charge < -0.3 is 19.8 Å². The third kappa shape index (κ3) is 18.6. The molecule has 0 atom stereocenters. The van der Waals surface area contributed by atoms with E-state index in [1.807, 2.05) is 0 Å². The third-order valence-electron chi connectivity index (χ3n) is 0.697. The number of carboxylic acid groups (broad SMARTS) is 2. The van der Waals surface area contributed by atoms with Gasteiger partial charge in [-0.2, -0.15) is 0 Å². The van der Waals surface area contributed by atoms with Crippen molar-refractivity contribution in [3.63, 3.8) is 0 Å². The van der Waals surface area contributed by atoms with Crippen LogP contribution in [0.5, 0.6) is 0 Å². The van der Waals surface area contributed by atoms with Crippen LogP contribution in [0.25, 0.3) is 0 Å². The molecule has 0 aromatic heterocycles. The number of hydrogen-bond donors (Lipinski definition) is 0. The first kappa shape index (κ1) is 18.5. The molecule has 0 aliphatic rings. The second-order valence-electron chi connectivity index (χ2n) is 2.14. The van der Waals surface area contributed by atoms with Crippen LogP contribution in [0, 0.1) is 0 Å². The van der Waals surface area contributed by atoms with Crippen LogP contribution in [0.1, 0.15) is 13.8 Å². The summed E-state index contributed by atoms with van der Waals surface area (Å²) in [6, 6.07) is 0. The van der Waals surface area contributed by atoms with E-state index in [4.69, 9.17) is 0 Å². The fourth-order valence-corrected chi connectivity index (χ4v) is 0. The molecule has 0 saturated heterocycles. The monoisotopic (exact) mass is 210 g/mol. The average molecular weight is 210 g/mol.